The molecule has 0 aliphatic rings. The Kier molecular flexibility index (Phi) is 3.37. The molecular weight excluding hydrogens is 222 g/mol. The largest absolute Gasteiger partial charge is 0.367 e. The van der Waals surface area contributed by atoms with Crippen molar-refractivity contribution >= 4 is 17.3 Å². The summed E-state index contributed by atoms with van der Waals surface area (Å²) in [4.78, 5) is 10.3. The molecule has 82 valence electrons. The van der Waals surface area contributed by atoms with E-state index < -0.39 is 0 Å². The number of anilines is 1. The molecule has 0 N–H and O–H groups in total. The fraction of sp³-hybridized carbons (Fsp3) is 0.167. The Balaban J connectivity index is 2.15. The van der Waals surface area contributed by atoms with Crippen LogP contribution in [-0.4, -0.2) is 17.0 Å². The molecule has 0 bridgehead atoms. The zero-order valence-corrected chi connectivity index (χ0v) is 9.72. The van der Waals surface area contributed by atoms with Crippen molar-refractivity contribution in [1.82, 2.24) is 9.97 Å². The highest BCUT2D eigenvalue weighted by molar-refractivity contribution is 6.33. The zero-order chi connectivity index (χ0) is 11.4. The molecule has 16 heavy (non-hydrogen) atoms. The van der Waals surface area contributed by atoms with Crippen LogP contribution in [0.25, 0.3) is 0 Å². The van der Waals surface area contributed by atoms with Gasteiger partial charge in [0.15, 0.2) is 0 Å². The minimum absolute atomic E-state index is 0.654. The summed E-state index contributed by atoms with van der Waals surface area (Å²) < 4.78 is 0. The molecule has 0 saturated heterocycles. The van der Waals surface area contributed by atoms with E-state index in [9.17, 15) is 0 Å². The summed E-state index contributed by atoms with van der Waals surface area (Å²) in [6.45, 7) is 0.727. The van der Waals surface area contributed by atoms with Crippen LogP contribution in [0.1, 0.15) is 5.69 Å². The van der Waals surface area contributed by atoms with E-state index in [-0.39, 0.29) is 0 Å². The lowest BCUT2D eigenvalue weighted by Gasteiger charge is -2.19. The van der Waals surface area contributed by atoms with Crippen LogP contribution in [0, 0.1) is 0 Å². The van der Waals surface area contributed by atoms with Crippen molar-refractivity contribution in [2.75, 3.05) is 11.9 Å². The van der Waals surface area contributed by atoms with Gasteiger partial charge in [0.25, 0.3) is 0 Å². The number of hydrogen-bond acceptors (Lipinski definition) is 3. The average Bonchev–Trinajstić information content (AvgIpc) is 2.31. The summed E-state index contributed by atoms with van der Waals surface area (Å²) in [5, 5.41) is 0.654. The van der Waals surface area contributed by atoms with Crippen molar-refractivity contribution in [3.05, 3.63) is 53.6 Å². The van der Waals surface area contributed by atoms with Gasteiger partial charge in [-0.1, -0.05) is 17.7 Å². The summed E-state index contributed by atoms with van der Waals surface area (Å²) in [6, 6.07) is 7.77. The highest BCUT2D eigenvalue weighted by atomic mass is 35.5. The fourth-order valence-electron chi connectivity index (χ4n) is 1.50. The Morgan fingerprint density at radius 3 is 2.81 bits per heavy atom. The van der Waals surface area contributed by atoms with Gasteiger partial charge in [-0.15, -0.1) is 0 Å². The summed E-state index contributed by atoms with van der Waals surface area (Å²) >= 11 is 6.06. The third-order valence-corrected chi connectivity index (χ3v) is 2.58. The number of nitrogens with zero attached hydrogens (tertiary/aromatic N) is 3. The fourth-order valence-corrected chi connectivity index (χ4v) is 1.76. The molecule has 0 aromatic carbocycles. The molecule has 0 radical (unpaired) electrons. The lowest BCUT2D eigenvalue weighted by atomic mass is 10.3. The van der Waals surface area contributed by atoms with E-state index in [1.807, 2.05) is 36.2 Å². The second-order valence-corrected chi connectivity index (χ2v) is 3.91. The van der Waals surface area contributed by atoms with E-state index >= 15 is 0 Å². The van der Waals surface area contributed by atoms with Gasteiger partial charge in [0.1, 0.15) is 0 Å². The average molecular weight is 234 g/mol. The third kappa shape index (κ3) is 2.49. The first-order chi connectivity index (χ1) is 7.77. The first-order valence-corrected chi connectivity index (χ1v) is 5.36. The van der Waals surface area contributed by atoms with Gasteiger partial charge < -0.3 is 4.90 Å². The van der Waals surface area contributed by atoms with Crippen molar-refractivity contribution in [1.29, 1.82) is 0 Å². The van der Waals surface area contributed by atoms with E-state index in [1.165, 1.54) is 0 Å². The van der Waals surface area contributed by atoms with Crippen LogP contribution in [0.4, 0.5) is 5.69 Å². The monoisotopic (exact) mass is 233 g/mol. The molecule has 0 aliphatic carbocycles. The molecule has 0 fully saturated rings. The molecule has 4 heteroatoms. The number of halogens is 1. The Morgan fingerprint density at radius 1 is 1.25 bits per heavy atom. The molecule has 0 aliphatic heterocycles. The van der Waals surface area contributed by atoms with Gasteiger partial charge in [-0.2, -0.15) is 0 Å². The number of rotatable bonds is 3. The van der Waals surface area contributed by atoms with Gasteiger partial charge >= 0.3 is 0 Å². The molecule has 3 nitrogen and oxygen atoms in total. The van der Waals surface area contributed by atoms with Crippen LogP contribution in [-0.2, 0) is 6.54 Å². The summed E-state index contributed by atoms with van der Waals surface area (Å²) in [5.41, 5.74) is 1.97. The topological polar surface area (TPSA) is 29.0 Å². The highest BCUT2D eigenvalue weighted by Crippen LogP contribution is 2.23. The van der Waals surface area contributed by atoms with Crippen LogP contribution in [0.3, 0.4) is 0 Å². The molecule has 2 rings (SSSR count). The maximum atomic E-state index is 6.06. The summed E-state index contributed by atoms with van der Waals surface area (Å²) in [7, 11) is 1.98. The van der Waals surface area contributed by atoms with Gasteiger partial charge in [-0.05, 0) is 18.2 Å². The van der Waals surface area contributed by atoms with E-state index in [4.69, 9.17) is 11.6 Å². The maximum absolute atomic E-state index is 6.06. The minimum Gasteiger partial charge on any atom is -0.367 e. The quantitative estimate of drug-likeness (QED) is 0.816. The standard InChI is InChI=1S/C12H12ClN3/c1-16(9-10-4-2-3-6-15-10)12-5-7-14-8-11(12)13/h2-8H,9H2,1H3. The summed E-state index contributed by atoms with van der Waals surface area (Å²) in [6.07, 6.45) is 5.17. The van der Waals surface area contributed by atoms with Crippen molar-refractivity contribution < 1.29 is 0 Å². The van der Waals surface area contributed by atoms with Gasteiger partial charge in [-0.3, -0.25) is 9.97 Å². The van der Waals surface area contributed by atoms with Gasteiger partial charge in [0.05, 0.1) is 22.9 Å². The SMILES string of the molecule is CN(Cc1ccccn1)c1ccncc1Cl. The predicted molar refractivity (Wildman–Crippen MR) is 65.6 cm³/mol. The van der Waals surface area contributed by atoms with Crippen molar-refractivity contribution in [3.8, 4) is 0 Å². The van der Waals surface area contributed by atoms with Crippen LogP contribution in [0.5, 0.6) is 0 Å². The Hall–Kier alpha value is -1.61. The maximum Gasteiger partial charge on any atom is 0.0822 e. The third-order valence-electron chi connectivity index (χ3n) is 2.29. The van der Waals surface area contributed by atoms with Crippen LogP contribution >= 0.6 is 11.6 Å². The molecule has 0 unspecified atom stereocenters. The Bertz CT molecular complexity index is 459. The predicted octanol–water partition coefficient (Wildman–Crippen LogP) is 2.77. The van der Waals surface area contributed by atoms with Crippen molar-refractivity contribution in [2.45, 2.75) is 6.54 Å². The van der Waals surface area contributed by atoms with E-state index in [2.05, 4.69) is 9.97 Å². The number of aromatic nitrogens is 2. The Morgan fingerprint density at radius 2 is 2.12 bits per heavy atom. The molecule has 2 aromatic heterocycles. The minimum atomic E-state index is 0.654. The van der Waals surface area contributed by atoms with Crippen LogP contribution in [0.2, 0.25) is 5.02 Å². The molecule has 2 heterocycles. The van der Waals surface area contributed by atoms with Crippen molar-refractivity contribution in [3.63, 3.8) is 0 Å². The molecule has 2 aromatic rings. The molecule has 0 spiro atoms. The van der Waals surface area contributed by atoms with E-state index in [0.29, 0.717) is 5.02 Å². The second kappa shape index (κ2) is 4.94. The molecular formula is C12H12ClN3. The zero-order valence-electron chi connectivity index (χ0n) is 8.97. The first kappa shape index (κ1) is 10.9. The molecule has 0 atom stereocenters. The molecule has 0 saturated carbocycles. The normalized spacial score (nSPS) is 10.1. The number of pyridine rings is 2. The van der Waals surface area contributed by atoms with E-state index in [0.717, 1.165) is 17.9 Å². The first-order valence-electron chi connectivity index (χ1n) is 4.98. The lowest BCUT2D eigenvalue weighted by molar-refractivity contribution is 0.883. The smallest absolute Gasteiger partial charge is 0.0822 e. The van der Waals surface area contributed by atoms with Gasteiger partial charge in [0, 0.05) is 25.6 Å². The van der Waals surface area contributed by atoms with Crippen molar-refractivity contribution in [2.24, 2.45) is 0 Å². The van der Waals surface area contributed by atoms with Gasteiger partial charge in [-0.25, -0.2) is 0 Å². The highest BCUT2D eigenvalue weighted by Gasteiger charge is 2.06. The second-order valence-electron chi connectivity index (χ2n) is 3.50. The molecule has 0 amide bonds. The van der Waals surface area contributed by atoms with Crippen LogP contribution < -0.4 is 4.90 Å². The number of hydrogen-bond donors (Lipinski definition) is 0. The Labute approximate surface area is 99.7 Å². The van der Waals surface area contributed by atoms with Crippen LogP contribution in [0.15, 0.2) is 42.9 Å². The van der Waals surface area contributed by atoms with E-state index in [1.54, 1.807) is 18.6 Å². The lowest BCUT2D eigenvalue weighted by Crippen LogP contribution is -2.17. The summed E-state index contributed by atoms with van der Waals surface area (Å²) in [5.74, 6) is 0. The van der Waals surface area contributed by atoms with Gasteiger partial charge in [0.2, 0.25) is 0 Å².